The highest BCUT2D eigenvalue weighted by molar-refractivity contribution is 7.89. The maximum Gasteiger partial charge on any atom is 0.217 e. The Labute approximate surface area is 101 Å². The number of sulfonamides is 1. The molecular weight excluding hydrogens is 242 g/mol. The summed E-state index contributed by atoms with van der Waals surface area (Å²) >= 11 is 1.62. The number of hydrogen-bond donors (Lipinski definition) is 0. The number of nitrogens with zero attached hydrogens (tertiary/aromatic N) is 1. The third-order valence-corrected chi connectivity index (χ3v) is 5.90. The van der Waals surface area contributed by atoms with Crippen molar-refractivity contribution in [2.75, 3.05) is 0 Å². The van der Waals surface area contributed by atoms with Crippen molar-refractivity contribution in [3.8, 4) is 0 Å². The lowest BCUT2D eigenvalue weighted by atomic mass is 10.4. The minimum absolute atomic E-state index is 0.245. The summed E-state index contributed by atoms with van der Waals surface area (Å²) in [6.45, 7) is 4.04. The molecule has 2 rings (SSSR count). The van der Waals surface area contributed by atoms with E-state index in [1.807, 2.05) is 17.5 Å². The Kier molecular flexibility index (Phi) is 3.37. The van der Waals surface area contributed by atoms with Crippen LogP contribution in [0.3, 0.4) is 0 Å². The summed E-state index contributed by atoms with van der Waals surface area (Å²) in [6, 6.07) is 4.21. The molecule has 1 heterocycles. The van der Waals surface area contributed by atoms with Crippen LogP contribution < -0.4 is 0 Å². The molecule has 90 valence electrons. The van der Waals surface area contributed by atoms with Crippen LogP contribution in [0.5, 0.6) is 0 Å². The highest BCUT2D eigenvalue weighted by Crippen LogP contribution is 2.32. The second-order valence-corrected chi connectivity index (χ2v) is 7.92. The number of rotatable bonds is 5. The molecule has 0 unspecified atom stereocenters. The maximum atomic E-state index is 12.2. The smallest absolute Gasteiger partial charge is 0.212 e. The lowest BCUT2D eigenvalue weighted by Gasteiger charge is -2.23. The van der Waals surface area contributed by atoms with Crippen LogP contribution in [0.2, 0.25) is 0 Å². The minimum Gasteiger partial charge on any atom is -0.212 e. The Morgan fingerprint density at radius 2 is 2.19 bits per heavy atom. The lowest BCUT2D eigenvalue weighted by molar-refractivity contribution is 0.396. The van der Waals surface area contributed by atoms with Crippen molar-refractivity contribution in [2.24, 2.45) is 0 Å². The van der Waals surface area contributed by atoms with Gasteiger partial charge in [-0.3, -0.25) is 0 Å². The molecule has 0 bridgehead atoms. The van der Waals surface area contributed by atoms with Crippen LogP contribution in [0.15, 0.2) is 17.5 Å². The van der Waals surface area contributed by atoms with Gasteiger partial charge in [0, 0.05) is 17.5 Å². The van der Waals surface area contributed by atoms with Crippen molar-refractivity contribution in [1.29, 1.82) is 0 Å². The van der Waals surface area contributed by atoms with Gasteiger partial charge in [-0.25, -0.2) is 8.42 Å². The van der Waals surface area contributed by atoms with E-state index < -0.39 is 10.0 Å². The summed E-state index contributed by atoms with van der Waals surface area (Å²) in [6.07, 6.45) is 2.02. The third kappa shape index (κ3) is 2.47. The largest absolute Gasteiger partial charge is 0.217 e. The van der Waals surface area contributed by atoms with Gasteiger partial charge in [-0.05, 0) is 38.1 Å². The van der Waals surface area contributed by atoms with E-state index in [-0.39, 0.29) is 11.3 Å². The van der Waals surface area contributed by atoms with Gasteiger partial charge in [0.1, 0.15) is 0 Å². The van der Waals surface area contributed by atoms with Gasteiger partial charge < -0.3 is 0 Å². The predicted octanol–water partition coefficient (Wildman–Crippen LogP) is 2.45. The zero-order chi connectivity index (χ0) is 11.8. The van der Waals surface area contributed by atoms with Crippen molar-refractivity contribution in [3.05, 3.63) is 22.4 Å². The summed E-state index contributed by atoms with van der Waals surface area (Å²) < 4.78 is 26.0. The van der Waals surface area contributed by atoms with Crippen molar-refractivity contribution in [3.63, 3.8) is 0 Å². The summed E-state index contributed by atoms with van der Waals surface area (Å²) in [4.78, 5) is 1.12. The Bertz CT molecular complexity index is 433. The fourth-order valence-electron chi connectivity index (χ4n) is 1.62. The van der Waals surface area contributed by atoms with E-state index in [0.29, 0.717) is 6.54 Å². The fraction of sp³-hybridized carbons (Fsp3) is 0.636. The molecule has 3 nitrogen and oxygen atoms in total. The first kappa shape index (κ1) is 12.1. The monoisotopic (exact) mass is 259 g/mol. The lowest BCUT2D eigenvalue weighted by Crippen LogP contribution is -2.37. The Balaban J connectivity index is 2.18. The van der Waals surface area contributed by atoms with Crippen LogP contribution in [0, 0.1) is 0 Å². The quantitative estimate of drug-likeness (QED) is 0.814. The van der Waals surface area contributed by atoms with E-state index in [0.717, 1.165) is 17.7 Å². The van der Waals surface area contributed by atoms with E-state index in [9.17, 15) is 8.42 Å². The summed E-state index contributed by atoms with van der Waals surface area (Å²) in [7, 11) is -3.11. The number of thiophene rings is 1. The molecular formula is C11H17NO2S2. The molecule has 1 fully saturated rings. The van der Waals surface area contributed by atoms with Crippen molar-refractivity contribution >= 4 is 21.4 Å². The van der Waals surface area contributed by atoms with E-state index in [1.165, 1.54) is 0 Å². The molecule has 16 heavy (non-hydrogen) atoms. The summed E-state index contributed by atoms with van der Waals surface area (Å²) in [5.41, 5.74) is 0. The molecule has 1 aliphatic rings. The zero-order valence-corrected chi connectivity index (χ0v) is 11.2. The average molecular weight is 259 g/mol. The van der Waals surface area contributed by atoms with Gasteiger partial charge in [0.05, 0.1) is 5.25 Å². The maximum absolute atomic E-state index is 12.2. The molecule has 0 radical (unpaired) electrons. The van der Waals surface area contributed by atoms with Crippen LogP contribution in [-0.2, 0) is 16.6 Å². The van der Waals surface area contributed by atoms with Gasteiger partial charge in [0.25, 0.3) is 0 Å². The van der Waals surface area contributed by atoms with Crippen molar-refractivity contribution < 1.29 is 8.42 Å². The van der Waals surface area contributed by atoms with Crippen LogP contribution in [-0.4, -0.2) is 24.0 Å². The first-order valence-electron chi connectivity index (χ1n) is 5.55. The fourth-order valence-corrected chi connectivity index (χ4v) is 3.89. The molecule has 1 aromatic heterocycles. The molecule has 0 N–H and O–H groups in total. The van der Waals surface area contributed by atoms with Crippen molar-refractivity contribution in [2.45, 2.75) is 44.5 Å². The highest BCUT2D eigenvalue weighted by Gasteiger charge is 2.38. The molecule has 0 amide bonds. The van der Waals surface area contributed by atoms with Gasteiger partial charge in [-0.2, -0.15) is 4.31 Å². The highest BCUT2D eigenvalue weighted by atomic mass is 32.2. The Morgan fingerprint density at radius 3 is 2.62 bits per heavy atom. The van der Waals surface area contributed by atoms with Gasteiger partial charge in [0.2, 0.25) is 10.0 Å². The van der Waals surface area contributed by atoms with E-state index in [1.54, 1.807) is 29.5 Å². The first-order chi connectivity index (χ1) is 7.51. The second-order valence-electron chi connectivity index (χ2n) is 4.45. The SMILES string of the molecule is CC(C)S(=O)(=O)N(Cc1cccs1)C1CC1. The van der Waals surface area contributed by atoms with Crippen molar-refractivity contribution in [1.82, 2.24) is 4.31 Å². The Morgan fingerprint density at radius 1 is 1.50 bits per heavy atom. The van der Waals surface area contributed by atoms with Gasteiger partial charge in [-0.15, -0.1) is 11.3 Å². The third-order valence-electron chi connectivity index (χ3n) is 2.77. The molecule has 5 heteroatoms. The van der Waals surface area contributed by atoms with Gasteiger partial charge >= 0.3 is 0 Å². The Hall–Kier alpha value is -0.390. The minimum atomic E-state index is -3.11. The molecule has 1 saturated carbocycles. The molecule has 1 aliphatic carbocycles. The second kappa shape index (κ2) is 4.47. The topological polar surface area (TPSA) is 37.4 Å². The molecule has 0 aliphatic heterocycles. The van der Waals surface area contributed by atoms with E-state index in [2.05, 4.69) is 0 Å². The zero-order valence-electron chi connectivity index (χ0n) is 9.59. The number of hydrogen-bond acceptors (Lipinski definition) is 3. The van der Waals surface area contributed by atoms with Crippen LogP contribution >= 0.6 is 11.3 Å². The van der Waals surface area contributed by atoms with E-state index in [4.69, 9.17) is 0 Å². The summed E-state index contributed by atoms with van der Waals surface area (Å²) in [5, 5.41) is 1.66. The molecule has 0 saturated heterocycles. The molecule has 0 aromatic carbocycles. The van der Waals surface area contributed by atoms with E-state index >= 15 is 0 Å². The molecule has 0 spiro atoms. The van der Waals surface area contributed by atoms with Gasteiger partial charge in [-0.1, -0.05) is 6.07 Å². The van der Waals surface area contributed by atoms with Crippen LogP contribution in [0.4, 0.5) is 0 Å². The van der Waals surface area contributed by atoms with Crippen LogP contribution in [0.25, 0.3) is 0 Å². The van der Waals surface area contributed by atoms with Gasteiger partial charge in [0.15, 0.2) is 0 Å². The van der Waals surface area contributed by atoms with Crippen LogP contribution in [0.1, 0.15) is 31.6 Å². The standard InChI is InChI=1S/C11H17NO2S2/c1-9(2)16(13,14)12(10-5-6-10)8-11-4-3-7-15-11/h3-4,7,9-10H,5-6,8H2,1-2H3. The first-order valence-corrected chi connectivity index (χ1v) is 7.93. The average Bonchev–Trinajstić information content (AvgIpc) is 2.91. The summed E-state index contributed by atoms with van der Waals surface area (Å²) in [5.74, 6) is 0. The molecule has 1 aromatic rings. The predicted molar refractivity (Wildman–Crippen MR) is 66.9 cm³/mol. The molecule has 0 atom stereocenters. The normalized spacial score (nSPS) is 17.2.